The molecule has 0 aromatic heterocycles. The van der Waals surface area contributed by atoms with E-state index in [4.69, 9.17) is 0 Å². The van der Waals surface area contributed by atoms with E-state index in [0.29, 0.717) is 18.7 Å². The molecule has 2 aliphatic rings. The summed E-state index contributed by atoms with van der Waals surface area (Å²) in [6.45, 7) is 4.52. The van der Waals surface area contributed by atoms with Gasteiger partial charge in [0.25, 0.3) is 0 Å². The second-order valence-electron chi connectivity index (χ2n) is 5.45. The standard InChI is InChI=1S/C13H22N2O3S/c1-4-10-12(16)14-7-5-6-11(14)13(17)15(10)9(2)8-19(3)18/h9-11H,4-8H2,1-3H3. The van der Waals surface area contributed by atoms with Crippen LogP contribution in [0.25, 0.3) is 0 Å². The van der Waals surface area contributed by atoms with Gasteiger partial charge in [0.2, 0.25) is 11.8 Å². The average Bonchev–Trinajstić information content (AvgIpc) is 2.81. The number of carbonyl (C=O) groups excluding carboxylic acids is 2. The molecule has 19 heavy (non-hydrogen) atoms. The highest BCUT2D eigenvalue weighted by molar-refractivity contribution is 7.84. The second-order valence-corrected chi connectivity index (χ2v) is 6.93. The van der Waals surface area contributed by atoms with Gasteiger partial charge in [0.05, 0.1) is 0 Å². The van der Waals surface area contributed by atoms with Crippen LogP contribution < -0.4 is 0 Å². The molecule has 0 radical (unpaired) electrons. The summed E-state index contributed by atoms with van der Waals surface area (Å²) in [4.78, 5) is 28.4. The molecule has 6 heteroatoms. The van der Waals surface area contributed by atoms with Gasteiger partial charge in [-0.15, -0.1) is 0 Å². The number of amides is 2. The van der Waals surface area contributed by atoms with E-state index in [1.54, 1.807) is 16.1 Å². The van der Waals surface area contributed by atoms with E-state index in [9.17, 15) is 13.8 Å². The maximum absolute atomic E-state index is 12.6. The van der Waals surface area contributed by atoms with E-state index < -0.39 is 10.8 Å². The number of nitrogens with zero attached hydrogens (tertiary/aromatic N) is 2. The summed E-state index contributed by atoms with van der Waals surface area (Å²) in [6, 6.07) is -0.793. The van der Waals surface area contributed by atoms with Crippen molar-refractivity contribution in [3.05, 3.63) is 0 Å². The van der Waals surface area contributed by atoms with Gasteiger partial charge in [-0.3, -0.25) is 13.8 Å². The third kappa shape index (κ3) is 2.55. The first kappa shape index (κ1) is 14.5. The first-order valence-corrected chi connectivity index (χ1v) is 8.62. The predicted molar refractivity (Wildman–Crippen MR) is 74.1 cm³/mol. The Kier molecular flexibility index (Phi) is 4.28. The molecule has 0 aromatic rings. The molecule has 0 spiro atoms. The van der Waals surface area contributed by atoms with E-state index in [1.165, 1.54) is 0 Å². The minimum Gasteiger partial charge on any atom is -0.329 e. The van der Waals surface area contributed by atoms with Crippen molar-refractivity contribution < 1.29 is 13.8 Å². The lowest BCUT2D eigenvalue weighted by Crippen LogP contribution is -2.65. The second kappa shape index (κ2) is 5.61. The lowest BCUT2D eigenvalue weighted by molar-refractivity contribution is -0.161. The molecule has 2 aliphatic heterocycles. The zero-order valence-electron chi connectivity index (χ0n) is 11.8. The zero-order valence-corrected chi connectivity index (χ0v) is 12.6. The molecule has 0 N–H and O–H groups in total. The van der Waals surface area contributed by atoms with Crippen molar-refractivity contribution in [3.8, 4) is 0 Å². The maximum Gasteiger partial charge on any atom is 0.246 e. The number of carbonyl (C=O) groups is 2. The van der Waals surface area contributed by atoms with Crippen LogP contribution in [-0.2, 0) is 20.4 Å². The van der Waals surface area contributed by atoms with Crippen LogP contribution in [0.3, 0.4) is 0 Å². The van der Waals surface area contributed by atoms with E-state index in [1.807, 2.05) is 13.8 Å². The smallest absolute Gasteiger partial charge is 0.246 e. The van der Waals surface area contributed by atoms with Gasteiger partial charge in [0.15, 0.2) is 0 Å². The predicted octanol–water partition coefficient (Wildman–Crippen LogP) is 0.365. The van der Waals surface area contributed by atoms with Crippen LogP contribution >= 0.6 is 0 Å². The molecule has 4 unspecified atom stereocenters. The normalized spacial score (nSPS) is 30.5. The molecule has 0 aliphatic carbocycles. The molecule has 5 nitrogen and oxygen atoms in total. The quantitative estimate of drug-likeness (QED) is 0.750. The van der Waals surface area contributed by atoms with Gasteiger partial charge in [-0.05, 0) is 26.2 Å². The molecule has 0 saturated carbocycles. The number of fused-ring (bicyclic) bond motifs is 1. The van der Waals surface area contributed by atoms with Crippen LogP contribution in [-0.4, -0.2) is 62.5 Å². The SMILES string of the molecule is CCC1C(=O)N2CCCC2C(=O)N1C(C)CS(C)=O. The first-order valence-electron chi connectivity index (χ1n) is 6.90. The summed E-state index contributed by atoms with van der Waals surface area (Å²) >= 11 is 0. The average molecular weight is 286 g/mol. The Hall–Kier alpha value is -0.910. The molecule has 2 heterocycles. The van der Waals surface area contributed by atoms with Crippen molar-refractivity contribution in [2.24, 2.45) is 0 Å². The lowest BCUT2D eigenvalue weighted by Gasteiger charge is -2.44. The molecule has 2 rings (SSSR count). The summed E-state index contributed by atoms with van der Waals surface area (Å²) < 4.78 is 11.4. The highest BCUT2D eigenvalue weighted by Gasteiger charge is 2.48. The Balaban J connectivity index is 2.26. The molecule has 2 saturated heterocycles. The van der Waals surface area contributed by atoms with Crippen LogP contribution in [0.1, 0.15) is 33.1 Å². The van der Waals surface area contributed by atoms with Gasteiger partial charge in [0, 0.05) is 35.4 Å². The molecule has 0 aromatic carbocycles. The lowest BCUT2D eigenvalue weighted by atomic mass is 10.0. The Bertz CT molecular complexity index is 413. The Morgan fingerprint density at radius 3 is 2.63 bits per heavy atom. The van der Waals surface area contributed by atoms with Crippen molar-refractivity contribution in [2.75, 3.05) is 18.6 Å². The summed E-state index contributed by atoms with van der Waals surface area (Å²) in [5.41, 5.74) is 0. The molecule has 0 bridgehead atoms. The summed E-state index contributed by atoms with van der Waals surface area (Å²) in [5.74, 6) is 0.544. The van der Waals surface area contributed by atoms with E-state index in [-0.39, 0.29) is 29.9 Å². The number of rotatable bonds is 4. The number of hydrogen-bond donors (Lipinski definition) is 0. The minimum absolute atomic E-state index is 0.0434. The van der Waals surface area contributed by atoms with Gasteiger partial charge in [-0.2, -0.15) is 0 Å². The molecule has 2 amide bonds. The van der Waals surface area contributed by atoms with Crippen molar-refractivity contribution in [2.45, 2.75) is 51.2 Å². The Labute approximate surface area is 116 Å². The van der Waals surface area contributed by atoms with Crippen molar-refractivity contribution in [1.29, 1.82) is 0 Å². The van der Waals surface area contributed by atoms with Crippen LogP contribution in [0, 0.1) is 0 Å². The van der Waals surface area contributed by atoms with Gasteiger partial charge in [-0.1, -0.05) is 6.92 Å². The van der Waals surface area contributed by atoms with Gasteiger partial charge < -0.3 is 9.80 Å². The van der Waals surface area contributed by atoms with Crippen LogP contribution in [0.15, 0.2) is 0 Å². The first-order chi connectivity index (χ1) is 8.97. The summed E-state index contributed by atoms with van der Waals surface area (Å²) in [5, 5.41) is 0. The fraction of sp³-hybridized carbons (Fsp3) is 0.846. The summed E-state index contributed by atoms with van der Waals surface area (Å²) in [7, 11) is -0.966. The number of piperazine rings is 1. The van der Waals surface area contributed by atoms with Gasteiger partial charge in [-0.25, -0.2) is 0 Å². The van der Waals surface area contributed by atoms with Crippen molar-refractivity contribution in [1.82, 2.24) is 9.80 Å². The largest absolute Gasteiger partial charge is 0.329 e. The minimum atomic E-state index is -0.966. The Morgan fingerprint density at radius 2 is 2.05 bits per heavy atom. The van der Waals surface area contributed by atoms with E-state index in [2.05, 4.69) is 0 Å². The fourth-order valence-electron chi connectivity index (χ4n) is 3.24. The van der Waals surface area contributed by atoms with Crippen LogP contribution in [0.4, 0.5) is 0 Å². The zero-order chi connectivity index (χ0) is 14.2. The highest BCUT2D eigenvalue weighted by atomic mass is 32.2. The van der Waals surface area contributed by atoms with Gasteiger partial charge >= 0.3 is 0 Å². The highest BCUT2D eigenvalue weighted by Crippen LogP contribution is 2.29. The van der Waals surface area contributed by atoms with Crippen LogP contribution in [0.2, 0.25) is 0 Å². The molecule has 4 atom stereocenters. The third-order valence-corrected chi connectivity index (χ3v) is 4.99. The van der Waals surface area contributed by atoms with Crippen molar-refractivity contribution in [3.63, 3.8) is 0 Å². The number of hydrogen-bond acceptors (Lipinski definition) is 3. The molecule has 108 valence electrons. The summed E-state index contributed by atoms with van der Waals surface area (Å²) in [6.07, 6.45) is 3.92. The van der Waals surface area contributed by atoms with Gasteiger partial charge in [0.1, 0.15) is 12.1 Å². The fourth-order valence-corrected chi connectivity index (χ4v) is 4.08. The van der Waals surface area contributed by atoms with Crippen LogP contribution in [0.5, 0.6) is 0 Å². The monoisotopic (exact) mass is 286 g/mol. The molecule has 2 fully saturated rings. The Morgan fingerprint density at radius 1 is 1.37 bits per heavy atom. The molecular weight excluding hydrogens is 264 g/mol. The van der Waals surface area contributed by atoms with E-state index in [0.717, 1.165) is 12.8 Å². The van der Waals surface area contributed by atoms with Crippen molar-refractivity contribution >= 4 is 22.6 Å². The van der Waals surface area contributed by atoms with E-state index >= 15 is 0 Å². The topological polar surface area (TPSA) is 57.7 Å². The maximum atomic E-state index is 12.6. The third-order valence-electron chi connectivity index (χ3n) is 4.03. The molecular formula is C13H22N2O3S.